The molecule has 5 nitrogen and oxygen atoms in total. The van der Waals surface area contributed by atoms with Crippen molar-refractivity contribution < 1.29 is 23.7 Å². The summed E-state index contributed by atoms with van der Waals surface area (Å²) in [6.07, 6.45) is 3.67. The SMILES string of the molecule is C1CCC(OCCOCCOCC2CO2)OC1. The highest BCUT2D eigenvalue weighted by Gasteiger charge is 2.21. The van der Waals surface area contributed by atoms with Gasteiger partial charge in [-0.05, 0) is 19.3 Å². The molecule has 0 radical (unpaired) electrons. The van der Waals surface area contributed by atoms with E-state index in [0.717, 1.165) is 26.1 Å². The number of epoxide rings is 1. The van der Waals surface area contributed by atoms with Crippen molar-refractivity contribution in [2.24, 2.45) is 0 Å². The van der Waals surface area contributed by atoms with Gasteiger partial charge < -0.3 is 23.7 Å². The predicted molar refractivity (Wildman–Crippen MR) is 60.9 cm³/mol. The molecule has 0 saturated carbocycles. The highest BCUT2D eigenvalue weighted by atomic mass is 16.7. The van der Waals surface area contributed by atoms with Crippen LogP contribution in [0.2, 0.25) is 0 Å². The Morgan fingerprint density at radius 1 is 0.941 bits per heavy atom. The Balaban J connectivity index is 1.31. The minimum absolute atomic E-state index is 0.0179. The van der Waals surface area contributed by atoms with Crippen molar-refractivity contribution in [1.29, 1.82) is 0 Å². The third-order valence-corrected chi connectivity index (χ3v) is 2.75. The van der Waals surface area contributed by atoms with Gasteiger partial charge in [0.15, 0.2) is 6.29 Å². The topological polar surface area (TPSA) is 49.5 Å². The number of hydrogen-bond donors (Lipinski definition) is 0. The Labute approximate surface area is 102 Å². The molecule has 0 spiro atoms. The minimum Gasteiger partial charge on any atom is -0.377 e. The van der Waals surface area contributed by atoms with Crippen LogP contribution in [0.15, 0.2) is 0 Å². The number of hydrogen-bond acceptors (Lipinski definition) is 5. The van der Waals surface area contributed by atoms with Crippen molar-refractivity contribution in [1.82, 2.24) is 0 Å². The molecule has 2 aliphatic rings. The zero-order valence-corrected chi connectivity index (χ0v) is 10.3. The zero-order valence-electron chi connectivity index (χ0n) is 10.3. The molecule has 0 aromatic carbocycles. The molecule has 2 fully saturated rings. The van der Waals surface area contributed by atoms with Gasteiger partial charge in [0, 0.05) is 6.61 Å². The number of ether oxygens (including phenoxy) is 5. The van der Waals surface area contributed by atoms with Crippen molar-refractivity contribution in [3.8, 4) is 0 Å². The fraction of sp³-hybridized carbons (Fsp3) is 1.00. The summed E-state index contributed by atoms with van der Waals surface area (Å²) in [6, 6.07) is 0. The first kappa shape index (κ1) is 13.2. The summed E-state index contributed by atoms with van der Waals surface area (Å²) in [5, 5.41) is 0. The second-order valence-electron chi connectivity index (χ2n) is 4.31. The van der Waals surface area contributed by atoms with Crippen LogP contribution in [0.25, 0.3) is 0 Å². The molecule has 17 heavy (non-hydrogen) atoms. The zero-order chi connectivity index (χ0) is 11.8. The van der Waals surface area contributed by atoms with Crippen LogP contribution in [-0.2, 0) is 23.7 Å². The second kappa shape index (κ2) is 8.00. The van der Waals surface area contributed by atoms with Gasteiger partial charge in [-0.25, -0.2) is 0 Å². The molecule has 0 aromatic heterocycles. The van der Waals surface area contributed by atoms with E-state index in [1.54, 1.807) is 0 Å². The summed E-state index contributed by atoms with van der Waals surface area (Å²) in [5.74, 6) is 0. The second-order valence-corrected chi connectivity index (χ2v) is 4.31. The monoisotopic (exact) mass is 246 g/mol. The van der Waals surface area contributed by atoms with Crippen LogP contribution >= 0.6 is 0 Å². The predicted octanol–water partition coefficient (Wildman–Crippen LogP) is 0.962. The Hall–Kier alpha value is -0.200. The molecule has 2 atom stereocenters. The van der Waals surface area contributed by atoms with Crippen LogP contribution in [0.5, 0.6) is 0 Å². The van der Waals surface area contributed by atoms with Crippen LogP contribution in [0, 0.1) is 0 Å². The molecule has 2 saturated heterocycles. The van der Waals surface area contributed by atoms with Gasteiger partial charge >= 0.3 is 0 Å². The number of rotatable bonds is 9. The molecule has 0 N–H and O–H groups in total. The molecule has 0 amide bonds. The average molecular weight is 246 g/mol. The fourth-order valence-electron chi connectivity index (χ4n) is 1.68. The Kier molecular flexibility index (Phi) is 6.23. The maximum atomic E-state index is 5.53. The van der Waals surface area contributed by atoms with Gasteiger partial charge in [0.25, 0.3) is 0 Å². The molecule has 0 aromatic rings. The van der Waals surface area contributed by atoms with Crippen molar-refractivity contribution in [2.75, 3.05) is 46.2 Å². The van der Waals surface area contributed by atoms with E-state index in [2.05, 4.69) is 0 Å². The quantitative estimate of drug-likeness (QED) is 0.448. The summed E-state index contributed by atoms with van der Waals surface area (Å²) in [5.41, 5.74) is 0. The van der Waals surface area contributed by atoms with Crippen LogP contribution in [0.1, 0.15) is 19.3 Å². The minimum atomic E-state index is -0.0179. The van der Waals surface area contributed by atoms with E-state index in [-0.39, 0.29) is 6.29 Å². The fourth-order valence-corrected chi connectivity index (χ4v) is 1.68. The lowest BCUT2D eigenvalue weighted by Gasteiger charge is -2.22. The van der Waals surface area contributed by atoms with Gasteiger partial charge in [-0.15, -0.1) is 0 Å². The van der Waals surface area contributed by atoms with E-state index < -0.39 is 0 Å². The van der Waals surface area contributed by atoms with E-state index in [1.165, 1.54) is 6.42 Å². The molecule has 0 bridgehead atoms. The van der Waals surface area contributed by atoms with E-state index in [9.17, 15) is 0 Å². The van der Waals surface area contributed by atoms with Crippen LogP contribution < -0.4 is 0 Å². The first-order chi connectivity index (χ1) is 8.45. The summed E-state index contributed by atoms with van der Waals surface area (Å²) < 4.78 is 26.7. The third kappa shape index (κ3) is 6.33. The smallest absolute Gasteiger partial charge is 0.157 e. The van der Waals surface area contributed by atoms with Gasteiger partial charge in [-0.3, -0.25) is 0 Å². The largest absolute Gasteiger partial charge is 0.377 e. The summed E-state index contributed by atoms with van der Waals surface area (Å²) >= 11 is 0. The lowest BCUT2D eigenvalue weighted by Crippen LogP contribution is -2.24. The molecule has 2 heterocycles. The van der Waals surface area contributed by atoms with Crippen molar-refractivity contribution in [3.05, 3.63) is 0 Å². The van der Waals surface area contributed by atoms with Crippen LogP contribution in [-0.4, -0.2) is 58.6 Å². The van der Waals surface area contributed by atoms with E-state index >= 15 is 0 Å². The van der Waals surface area contributed by atoms with Gasteiger partial charge in [-0.2, -0.15) is 0 Å². The van der Waals surface area contributed by atoms with E-state index in [1.807, 2.05) is 0 Å². The lowest BCUT2D eigenvalue weighted by atomic mass is 10.2. The first-order valence-corrected chi connectivity index (χ1v) is 6.45. The first-order valence-electron chi connectivity index (χ1n) is 6.45. The maximum Gasteiger partial charge on any atom is 0.157 e. The van der Waals surface area contributed by atoms with Crippen LogP contribution in [0.4, 0.5) is 0 Å². The van der Waals surface area contributed by atoms with Gasteiger partial charge in [-0.1, -0.05) is 0 Å². The molecule has 5 heteroatoms. The third-order valence-electron chi connectivity index (χ3n) is 2.75. The Bertz CT molecular complexity index is 189. The Morgan fingerprint density at radius 2 is 1.76 bits per heavy atom. The van der Waals surface area contributed by atoms with Crippen molar-refractivity contribution >= 4 is 0 Å². The molecule has 0 aliphatic carbocycles. The molecule has 100 valence electrons. The molecular formula is C12H22O5. The maximum absolute atomic E-state index is 5.53. The summed E-state index contributed by atoms with van der Waals surface area (Å²) in [4.78, 5) is 0. The van der Waals surface area contributed by atoms with Crippen molar-refractivity contribution in [3.63, 3.8) is 0 Å². The summed E-state index contributed by atoms with van der Waals surface area (Å²) in [7, 11) is 0. The highest BCUT2D eigenvalue weighted by Crippen LogP contribution is 2.13. The normalized spacial score (nSPS) is 28.2. The standard InChI is InChI=1S/C12H22O5/c1-2-4-15-12(3-1)16-8-7-13-5-6-14-9-11-10-17-11/h11-12H,1-10H2. The summed E-state index contributed by atoms with van der Waals surface area (Å²) in [6.45, 7) is 4.79. The molecule has 2 rings (SSSR count). The van der Waals surface area contributed by atoms with Gasteiger partial charge in [0.1, 0.15) is 6.10 Å². The van der Waals surface area contributed by atoms with Crippen molar-refractivity contribution in [2.45, 2.75) is 31.7 Å². The molecular weight excluding hydrogens is 224 g/mol. The Morgan fingerprint density at radius 3 is 2.53 bits per heavy atom. The lowest BCUT2D eigenvalue weighted by molar-refractivity contribution is -0.169. The van der Waals surface area contributed by atoms with E-state index in [4.69, 9.17) is 23.7 Å². The molecule has 2 unspecified atom stereocenters. The average Bonchev–Trinajstić information content (AvgIpc) is 3.18. The molecule has 2 aliphatic heterocycles. The van der Waals surface area contributed by atoms with Gasteiger partial charge in [0.2, 0.25) is 0 Å². The van der Waals surface area contributed by atoms with Gasteiger partial charge in [0.05, 0.1) is 39.6 Å². The van der Waals surface area contributed by atoms with E-state index in [0.29, 0.717) is 39.1 Å². The van der Waals surface area contributed by atoms with Crippen LogP contribution in [0.3, 0.4) is 0 Å². The highest BCUT2D eigenvalue weighted by molar-refractivity contribution is 4.66.